The molecular formula is C14H24N2O2S. The van der Waals surface area contributed by atoms with E-state index in [4.69, 9.17) is 0 Å². The minimum absolute atomic E-state index is 0.311. The minimum atomic E-state index is -3.34. The van der Waals surface area contributed by atoms with Crippen LogP contribution in [-0.2, 0) is 10.0 Å². The van der Waals surface area contributed by atoms with Crippen LogP contribution in [0, 0.1) is 0 Å². The summed E-state index contributed by atoms with van der Waals surface area (Å²) < 4.78 is 26.0. The summed E-state index contributed by atoms with van der Waals surface area (Å²) >= 11 is 0. The molecule has 0 aliphatic rings. The van der Waals surface area contributed by atoms with Crippen LogP contribution in [0.3, 0.4) is 0 Å². The number of hydrogen-bond donors (Lipinski definition) is 2. The number of nitrogens with one attached hydrogen (secondary N) is 2. The Bertz CT molecular complexity index is 455. The van der Waals surface area contributed by atoms with E-state index in [2.05, 4.69) is 17.0 Å². The molecule has 0 bridgehead atoms. The van der Waals surface area contributed by atoms with Crippen molar-refractivity contribution in [2.24, 2.45) is 0 Å². The van der Waals surface area contributed by atoms with Crippen molar-refractivity contribution in [3.05, 3.63) is 24.3 Å². The number of sulfonamides is 1. The minimum Gasteiger partial charge on any atom is -0.385 e. The van der Waals surface area contributed by atoms with Crippen molar-refractivity contribution in [3.8, 4) is 0 Å². The SMILES string of the molecule is CCCCCCNc1ccc(S(=O)(=O)NCC)cc1. The van der Waals surface area contributed by atoms with E-state index in [0.717, 1.165) is 18.7 Å². The van der Waals surface area contributed by atoms with Gasteiger partial charge in [-0.05, 0) is 30.7 Å². The zero-order valence-electron chi connectivity index (χ0n) is 11.8. The smallest absolute Gasteiger partial charge is 0.240 e. The summed E-state index contributed by atoms with van der Waals surface area (Å²) in [6.07, 6.45) is 4.88. The number of rotatable bonds is 9. The van der Waals surface area contributed by atoms with Crippen LogP contribution in [0.2, 0.25) is 0 Å². The summed E-state index contributed by atoms with van der Waals surface area (Å²) in [6, 6.07) is 6.88. The maximum Gasteiger partial charge on any atom is 0.240 e. The molecule has 0 heterocycles. The van der Waals surface area contributed by atoms with Crippen LogP contribution < -0.4 is 10.0 Å². The van der Waals surface area contributed by atoms with Crippen LogP contribution in [0.25, 0.3) is 0 Å². The van der Waals surface area contributed by atoms with Crippen molar-refractivity contribution < 1.29 is 8.42 Å². The molecule has 108 valence electrons. The van der Waals surface area contributed by atoms with Gasteiger partial charge < -0.3 is 5.32 Å². The molecule has 4 nitrogen and oxygen atoms in total. The lowest BCUT2D eigenvalue weighted by Gasteiger charge is -2.08. The van der Waals surface area contributed by atoms with E-state index in [9.17, 15) is 8.42 Å². The normalized spacial score (nSPS) is 11.5. The highest BCUT2D eigenvalue weighted by atomic mass is 32.2. The maximum absolute atomic E-state index is 11.7. The lowest BCUT2D eigenvalue weighted by molar-refractivity contribution is 0.584. The first-order valence-corrected chi connectivity index (χ1v) is 8.42. The van der Waals surface area contributed by atoms with E-state index in [1.54, 1.807) is 19.1 Å². The number of anilines is 1. The summed E-state index contributed by atoms with van der Waals surface area (Å²) in [6.45, 7) is 5.29. The molecule has 0 spiro atoms. The highest BCUT2D eigenvalue weighted by molar-refractivity contribution is 7.89. The van der Waals surface area contributed by atoms with E-state index in [1.165, 1.54) is 19.3 Å². The van der Waals surface area contributed by atoms with E-state index >= 15 is 0 Å². The highest BCUT2D eigenvalue weighted by Gasteiger charge is 2.11. The highest BCUT2D eigenvalue weighted by Crippen LogP contribution is 2.14. The fourth-order valence-corrected chi connectivity index (χ4v) is 2.85. The van der Waals surface area contributed by atoms with Gasteiger partial charge in [-0.15, -0.1) is 0 Å². The zero-order chi connectivity index (χ0) is 14.1. The van der Waals surface area contributed by atoms with Crippen molar-refractivity contribution in [3.63, 3.8) is 0 Å². The molecule has 1 rings (SSSR count). The van der Waals surface area contributed by atoms with Gasteiger partial charge in [-0.3, -0.25) is 0 Å². The van der Waals surface area contributed by atoms with Crippen LogP contribution in [0.5, 0.6) is 0 Å². The third-order valence-electron chi connectivity index (χ3n) is 2.86. The van der Waals surface area contributed by atoms with E-state index in [0.29, 0.717) is 11.4 Å². The predicted molar refractivity (Wildman–Crippen MR) is 79.9 cm³/mol. The van der Waals surface area contributed by atoms with Crippen molar-refractivity contribution in [1.29, 1.82) is 0 Å². The van der Waals surface area contributed by atoms with Gasteiger partial charge >= 0.3 is 0 Å². The Balaban J connectivity index is 2.48. The van der Waals surface area contributed by atoms with Gasteiger partial charge in [0.2, 0.25) is 10.0 Å². The van der Waals surface area contributed by atoms with Crippen molar-refractivity contribution in [1.82, 2.24) is 4.72 Å². The third-order valence-corrected chi connectivity index (χ3v) is 4.42. The molecule has 0 amide bonds. The molecule has 0 saturated carbocycles. The molecule has 0 saturated heterocycles. The van der Waals surface area contributed by atoms with Crippen LogP contribution in [0.4, 0.5) is 5.69 Å². The maximum atomic E-state index is 11.7. The van der Waals surface area contributed by atoms with Gasteiger partial charge in [0.25, 0.3) is 0 Å². The molecule has 0 fully saturated rings. The molecule has 0 unspecified atom stereocenters. The number of unbranched alkanes of at least 4 members (excludes halogenated alkanes) is 3. The molecule has 2 N–H and O–H groups in total. The Kier molecular flexibility index (Phi) is 6.87. The molecular weight excluding hydrogens is 260 g/mol. The summed E-state index contributed by atoms with van der Waals surface area (Å²) in [5.41, 5.74) is 0.965. The summed E-state index contributed by atoms with van der Waals surface area (Å²) in [5, 5.41) is 3.30. The van der Waals surface area contributed by atoms with Gasteiger partial charge in [-0.2, -0.15) is 0 Å². The molecule has 0 aliphatic carbocycles. The first kappa shape index (κ1) is 16.0. The van der Waals surface area contributed by atoms with Crippen LogP contribution in [0.1, 0.15) is 39.5 Å². The molecule has 0 aromatic heterocycles. The van der Waals surface area contributed by atoms with Crippen LogP contribution in [-0.4, -0.2) is 21.5 Å². The average Bonchev–Trinajstić information content (AvgIpc) is 2.39. The molecule has 0 aliphatic heterocycles. The second kappa shape index (κ2) is 8.17. The third kappa shape index (κ3) is 5.61. The monoisotopic (exact) mass is 284 g/mol. The second-order valence-corrected chi connectivity index (χ2v) is 6.28. The quantitative estimate of drug-likeness (QED) is 0.685. The van der Waals surface area contributed by atoms with Crippen molar-refractivity contribution >= 4 is 15.7 Å². The van der Waals surface area contributed by atoms with Gasteiger partial charge in [0, 0.05) is 18.8 Å². The van der Waals surface area contributed by atoms with Crippen molar-refractivity contribution in [2.75, 3.05) is 18.4 Å². The van der Waals surface area contributed by atoms with E-state index in [1.807, 2.05) is 12.1 Å². The molecule has 0 radical (unpaired) electrons. The molecule has 1 aromatic rings. The van der Waals surface area contributed by atoms with Gasteiger partial charge in [0.1, 0.15) is 0 Å². The van der Waals surface area contributed by atoms with Gasteiger partial charge in [0.05, 0.1) is 4.90 Å². The first-order valence-electron chi connectivity index (χ1n) is 6.93. The van der Waals surface area contributed by atoms with Crippen LogP contribution in [0.15, 0.2) is 29.2 Å². The van der Waals surface area contributed by atoms with Crippen LogP contribution >= 0.6 is 0 Å². The number of benzene rings is 1. The second-order valence-electron chi connectivity index (χ2n) is 4.51. The Morgan fingerprint density at radius 2 is 1.68 bits per heavy atom. The molecule has 5 heteroatoms. The van der Waals surface area contributed by atoms with E-state index in [-0.39, 0.29) is 0 Å². The summed E-state index contributed by atoms with van der Waals surface area (Å²) in [4.78, 5) is 0.311. The Hall–Kier alpha value is -1.07. The fourth-order valence-electron chi connectivity index (χ4n) is 1.81. The zero-order valence-corrected chi connectivity index (χ0v) is 12.6. The molecule has 0 atom stereocenters. The van der Waals surface area contributed by atoms with Gasteiger partial charge in [-0.1, -0.05) is 33.1 Å². The summed E-state index contributed by atoms with van der Waals surface area (Å²) in [7, 11) is -3.34. The Morgan fingerprint density at radius 1 is 1.00 bits per heavy atom. The predicted octanol–water partition coefficient (Wildman–Crippen LogP) is 2.98. The number of hydrogen-bond acceptors (Lipinski definition) is 3. The fraction of sp³-hybridized carbons (Fsp3) is 0.571. The summed E-state index contributed by atoms with van der Waals surface area (Å²) in [5.74, 6) is 0. The largest absolute Gasteiger partial charge is 0.385 e. The molecule has 19 heavy (non-hydrogen) atoms. The topological polar surface area (TPSA) is 58.2 Å². The molecule has 1 aromatic carbocycles. The average molecular weight is 284 g/mol. The lowest BCUT2D eigenvalue weighted by atomic mass is 10.2. The first-order chi connectivity index (χ1) is 9.10. The Labute approximate surface area is 116 Å². The van der Waals surface area contributed by atoms with E-state index < -0.39 is 10.0 Å². The van der Waals surface area contributed by atoms with Gasteiger partial charge in [-0.25, -0.2) is 13.1 Å². The van der Waals surface area contributed by atoms with Crippen molar-refractivity contribution in [2.45, 2.75) is 44.4 Å². The lowest BCUT2D eigenvalue weighted by Crippen LogP contribution is -2.23. The Morgan fingerprint density at radius 3 is 2.26 bits per heavy atom. The van der Waals surface area contributed by atoms with Gasteiger partial charge in [0.15, 0.2) is 0 Å². The standard InChI is InChI=1S/C14H24N2O2S/c1-3-5-6-7-12-15-13-8-10-14(11-9-13)19(17,18)16-4-2/h8-11,15-16H,3-7,12H2,1-2H3.